The van der Waals surface area contributed by atoms with Gasteiger partial charge in [0.2, 0.25) is 0 Å². The average molecular weight is 620 g/mol. The van der Waals surface area contributed by atoms with Crippen molar-refractivity contribution >= 4 is 28.0 Å². The zero-order valence-electron chi connectivity index (χ0n) is 25.9. The topological polar surface area (TPSA) is 124 Å². The lowest BCUT2D eigenvalue weighted by molar-refractivity contribution is -0.181. The summed E-state index contributed by atoms with van der Waals surface area (Å²) < 4.78 is 7.08. The fourth-order valence-corrected chi connectivity index (χ4v) is 6.46. The average Bonchev–Trinajstić information content (AvgIpc) is 3.90. The molecule has 3 aromatic carbocycles. The van der Waals surface area contributed by atoms with E-state index in [9.17, 15) is 4.79 Å². The maximum Gasteiger partial charge on any atom is 0.356 e. The van der Waals surface area contributed by atoms with Crippen LogP contribution in [0.2, 0.25) is 0 Å². The molecule has 0 amide bonds. The molecule has 0 unspecified atom stereocenters. The monoisotopic (exact) mass is 619 g/mol. The van der Waals surface area contributed by atoms with E-state index in [4.69, 9.17) is 19.1 Å². The fraction of sp³-hybridized carbons (Fsp3) is 0.343. The lowest BCUT2D eigenvalue weighted by Gasteiger charge is -2.35. The molecule has 46 heavy (non-hydrogen) atoms. The van der Waals surface area contributed by atoms with Crippen LogP contribution in [-0.2, 0) is 4.79 Å². The first-order valence-corrected chi connectivity index (χ1v) is 16.1. The molecule has 236 valence electrons. The first-order valence-electron chi connectivity index (χ1n) is 16.1. The maximum atomic E-state index is 14.7. The van der Waals surface area contributed by atoms with E-state index in [2.05, 4.69) is 27.5 Å². The fourth-order valence-electron chi connectivity index (χ4n) is 6.46. The molecule has 0 spiro atoms. The summed E-state index contributed by atoms with van der Waals surface area (Å²) in [6.45, 7) is 2.82. The number of fused-ring (bicyclic) bond motifs is 2. The van der Waals surface area contributed by atoms with Crippen molar-refractivity contribution in [2.24, 2.45) is 0 Å². The number of furan rings is 1. The molecule has 3 aromatic heterocycles. The standard InChI is InChI=1S/C35H37N7O4/c1-2-3-4-5-6-11-20-35(21-12-22-41(35)45-26-17-18-31-25(24-26)19-23-44-31)34(43)46-42-30-16-10-9-15-29(30)36-33(42)28-14-8-7-13-27(28)32-37-39-40-38-32/h7-10,13-19,23-24H,2-6,11-12,20-22H2,1H3,(H,37,38,39,40)/t35-/m0/s1. The highest BCUT2D eigenvalue weighted by molar-refractivity contribution is 5.87. The zero-order chi connectivity index (χ0) is 31.3. The van der Waals surface area contributed by atoms with Gasteiger partial charge in [-0.3, -0.25) is 0 Å². The SMILES string of the molecule is CCCCCCCC[C@@]1(C(=O)On2c(-c3ccccc3-c3nnn[nH]3)nc3ccccc32)CCCN1Oc1ccc2occc2c1. The molecule has 0 saturated carbocycles. The summed E-state index contributed by atoms with van der Waals surface area (Å²) in [5.74, 6) is 1.25. The molecule has 1 aliphatic heterocycles. The summed E-state index contributed by atoms with van der Waals surface area (Å²) in [4.78, 5) is 32.6. The minimum Gasteiger partial charge on any atom is -0.464 e. The summed E-state index contributed by atoms with van der Waals surface area (Å²) in [5, 5.41) is 17.3. The number of rotatable bonds is 13. The van der Waals surface area contributed by atoms with Gasteiger partial charge in [0.15, 0.2) is 17.2 Å². The Kier molecular flexibility index (Phi) is 8.47. The van der Waals surface area contributed by atoms with Gasteiger partial charge in [-0.1, -0.05) is 81.8 Å². The van der Waals surface area contributed by atoms with Crippen LogP contribution in [0.3, 0.4) is 0 Å². The van der Waals surface area contributed by atoms with Crippen LogP contribution in [0, 0.1) is 0 Å². The van der Waals surface area contributed by atoms with E-state index in [1.807, 2.05) is 77.9 Å². The molecule has 1 fully saturated rings. The number of para-hydroxylation sites is 2. The van der Waals surface area contributed by atoms with Crippen molar-refractivity contribution in [3.63, 3.8) is 0 Å². The maximum absolute atomic E-state index is 14.7. The first-order chi connectivity index (χ1) is 22.7. The van der Waals surface area contributed by atoms with Crippen LogP contribution in [-0.4, -0.2) is 53.5 Å². The van der Waals surface area contributed by atoms with Gasteiger partial charge in [-0.2, -0.15) is 4.73 Å². The smallest absolute Gasteiger partial charge is 0.356 e. The van der Waals surface area contributed by atoms with Gasteiger partial charge in [0, 0.05) is 23.1 Å². The zero-order valence-corrected chi connectivity index (χ0v) is 25.9. The van der Waals surface area contributed by atoms with Crippen molar-refractivity contribution in [3.05, 3.63) is 79.1 Å². The van der Waals surface area contributed by atoms with E-state index in [1.54, 1.807) is 11.0 Å². The van der Waals surface area contributed by atoms with Crippen LogP contribution in [0.5, 0.6) is 5.75 Å². The number of unbranched alkanes of at least 4 members (excludes halogenated alkanes) is 5. The Morgan fingerprint density at radius 2 is 1.80 bits per heavy atom. The Hall–Kier alpha value is -5.03. The first kappa shape index (κ1) is 29.7. The van der Waals surface area contributed by atoms with Gasteiger partial charge >= 0.3 is 5.97 Å². The van der Waals surface area contributed by atoms with Gasteiger partial charge < -0.3 is 14.1 Å². The van der Waals surface area contributed by atoms with Gasteiger partial charge in [0.05, 0.1) is 11.8 Å². The van der Waals surface area contributed by atoms with Gasteiger partial charge in [-0.15, -0.1) is 10.2 Å². The molecule has 1 atom stereocenters. The number of aromatic nitrogens is 6. The second kappa shape index (κ2) is 13.1. The largest absolute Gasteiger partial charge is 0.464 e. The number of aromatic amines is 1. The van der Waals surface area contributed by atoms with Crippen LogP contribution in [0.4, 0.5) is 0 Å². The molecule has 11 heteroatoms. The van der Waals surface area contributed by atoms with Crippen LogP contribution in [0.15, 0.2) is 83.5 Å². The number of nitrogens with one attached hydrogen (secondary N) is 1. The minimum absolute atomic E-state index is 0.369. The van der Waals surface area contributed by atoms with Crippen LogP contribution in [0.25, 0.3) is 44.8 Å². The van der Waals surface area contributed by atoms with E-state index in [1.165, 1.54) is 19.3 Å². The molecular weight excluding hydrogens is 582 g/mol. The second-order valence-electron chi connectivity index (χ2n) is 11.9. The van der Waals surface area contributed by atoms with E-state index in [-0.39, 0.29) is 5.97 Å². The highest BCUT2D eigenvalue weighted by Gasteiger charge is 2.51. The number of carbonyl (C=O) groups excluding carboxylic acids is 1. The third-order valence-electron chi connectivity index (χ3n) is 8.85. The van der Waals surface area contributed by atoms with Gasteiger partial charge in [-0.25, -0.2) is 14.9 Å². The predicted molar refractivity (Wildman–Crippen MR) is 173 cm³/mol. The molecular formula is C35H37N7O4. The van der Waals surface area contributed by atoms with Crippen molar-refractivity contribution in [2.45, 2.75) is 70.3 Å². The lowest BCUT2D eigenvalue weighted by atomic mass is 9.90. The van der Waals surface area contributed by atoms with Crippen molar-refractivity contribution in [3.8, 4) is 28.5 Å². The summed E-state index contributed by atoms with van der Waals surface area (Å²) in [7, 11) is 0. The molecule has 6 aromatic rings. The third-order valence-corrected chi connectivity index (χ3v) is 8.85. The highest BCUT2D eigenvalue weighted by atomic mass is 16.7. The van der Waals surface area contributed by atoms with Crippen LogP contribution >= 0.6 is 0 Å². The number of hydroxylamine groups is 2. The van der Waals surface area contributed by atoms with Crippen LogP contribution < -0.4 is 9.68 Å². The number of hydrogen-bond donors (Lipinski definition) is 1. The Morgan fingerprint density at radius 1 is 0.978 bits per heavy atom. The molecule has 4 heterocycles. The Morgan fingerprint density at radius 3 is 2.67 bits per heavy atom. The molecule has 0 bridgehead atoms. The number of H-pyrrole nitrogens is 1. The number of nitrogens with zero attached hydrogens (tertiary/aromatic N) is 6. The number of benzene rings is 3. The second-order valence-corrected chi connectivity index (χ2v) is 11.9. The van der Waals surface area contributed by atoms with Crippen molar-refractivity contribution < 1.29 is 18.9 Å². The molecule has 7 rings (SSSR count). The van der Waals surface area contributed by atoms with E-state index >= 15 is 0 Å². The number of imidazole rings is 1. The molecule has 1 saturated heterocycles. The number of tetrazole rings is 1. The lowest BCUT2D eigenvalue weighted by Crippen LogP contribution is -2.55. The van der Waals surface area contributed by atoms with Crippen molar-refractivity contribution in [1.82, 2.24) is 35.4 Å². The Balaban J connectivity index is 1.24. The van der Waals surface area contributed by atoms with E-state index < -0.39 is 5.54 Å². The molecule has 11 nitrogen and oxygen atoms in total. The molecule has 0 aliphatic carbocycles. The quantitative estimate of drug-likeness (QED) is 0.134. The Bertz CT molecular complexity index is 1930. The van der Waals surface area contributed by atoms with E-state index in [0.717, 1.165) is 47.8 Å². The summed E-state index contributed by atoms with van der Waals surface area (Å²) in [5.41, 5.74) is 2.65. The Labute approximate surface area is 266 Å². The van der Waals surface area contributed by atoms with Gasteiger partial charge in [-0.05, 0) is 66.1 Å². The normalized spacial score (nSPS) is 16.8. The van der Waals surface area contributed by atoms with Gasteiger partial charge in [0.25, 0.3) is 0 Å². The summed E-state index contributed by atoms with van der Waals surface area (Å²) in [6.07, 6.45) is 10.4. The van der Waals surface area contributed by atoms with Gasteiger partial charge in [0.1, 0.15) is 16.8 Å². The van der Waals surface area contributed by atoms with Crippen molar-refractivity contribution in [1.29, 1.82) is 0 Å². The summed E-state index contributed by atoms with van der Waals surface area (Å²) >= 11 is 0. The molecule has 1 N–H and O–H groups in total. The van der Waals surface area contributed by atoms with Crippen molar-refractivity contribution in [2.75, 3.05) is 6.54 Å². The van der Waals surface area contributed by atoms with E-state index in [0.29, 0.717) is 47.8 Å². The summed E-state index contributed by atoms with van der Waals surface area (Å²) in [6, 6.07) is 22.9. The minimum atomic E-state index is -0.979. The highest BCUT2D eigenvalue weighted by Crippen LogP contribution is 2.38. The predicted octanol–water partition coefficient (Wildman–Crippen LogP) is 7.16. The number of carbonyl (C=O) groups is 1. The molecule has 1 aliphatic rings. The molecule has 0 radical (unpaired) electrons. The van der Waals surface area contributed by atoms with Crippen LogP contribution in [0.1, 0.15) is 64.7 Å². The third kappa shape index (κ3) is 5.74. The number of hydrogen-bond acceptors (Lipinski definition) is 9.